The van der Waals surface area contributed by atoms with Gasteiger partial charge in [0.1, 0.15) is 5.82 Å². The van der Waals surface area contributed by atoms with Gasteiger partial charge in [0, 0.05) is 30.1 Å². The molecule has 0 aliphatic carbocycles. The van der Waals surface area contributed by atoms with Crippen LogP contribution in [0.4, 0.5) is 14.5 Å². The number of aromatic nitrogens is 2. The maximum Gasteiger partial charge on any atom is 0.258 e. The molecule has 1 amide bonds. The maximum absolute atomic E-state index is 13.9. The lowest BCUT2D eigenvalue weighted by atomic mass is 10.1. The highest BCUT2D eigenvalue weighted by molar-refractivity contribution is 5.96. The molecule has 1 atom stereocenters. The quantitative estimate of drug-likeness (QED) is 0.702. The van der Waals surface area contributed by atoms with Gasteiger partial charge in [-0.2, -0.15) is 4.98 Å². The van der Waals surface area contributed by atoms with Crippen LogP contribution in [0.1, 0.15) is 18.2 Å². The number of rotatable bonds is 4. The van der Waals surface area contributed by atoms with Crippen LogP contribution in [0.2, 0.25) is 0 Å². The van der Waals surface area contributed by atoms with Crippen molar-refractivity contribution < 1.29 is 22.8 Å². The number of carbonyl (C=O) groups is 1. The number of nitrogens with zero attached hydrogens (tertiary/aromatic N) is 3. The van der Waals surface area contributed by atoms with Gasteiger partial charge in [-0.05, 0) is 42.5 Å². The minimum Gasteiger partial charge on any atom is -0.494 e. The third-order valence-corrected chi connectivity index (χ3v) is 4.47. The van der Waals surface area contributed by atoms with Crippen molar-refractivity contribution in [3.05, 3.63) is 59.9 Å². The van der Waals surface area contributed by atoms with E-state index in [4.69, 9.17) is 9.26 Å². The van der Waals surface area contributed by atoms with Crippen molar-refractivity contribution in [2.45, 2.75) is 12.3 Å². The molecule has 1 aliphatic rings. The second-order valence-electron chi connectivity index (χ2n) is 6.19. The van der Waals surface area contributed by atoms with E-state index in [9.17, 15) is 13.6 Å². The average molecular weight is 371 g/mol. The summed E-state index contributed by atoms with van der Waals surface area (Å²) in [4.78, 5) is 18.2. The van der Waals surface area contributed by atoms with Crippen molar-refractivity contribution in [3.8, 4) is 17.2 Å². The predicted octanol–water partition coefficient (Wildman–Crippen LogP) is 3.54. The standard InChI is InChI=1S/C19H15F2N3O3/c1-26-16-7-2-11(8-15(16)21)19-22-18(23-27-19)12-9-17(25)24(10-12)14-5-3-13(20)4-6-14/h2-8,12H,9-10H2,1H3/t12-/m0/s1. The Labute approximate surface area is 153 Å². The molecule has 2 heterocycles. The van der Waals surface area contributed by atoms with Gasteiger partial charge in [0.15, 0.2) is 17.4 Å². The first-order valence-corrected chi connectivity index (χ1v) is 8.28. The molecule has 138 valence electrons. The van der Waals surface area contributed by atoms with Crippen molar-refractivity contribution in [2.24, 2.45) is 0 Å². The second-order valence-corrected chi connectivity index (χ2v) is 6.19. The lowest BCUT2D eigenvalue weighted by Crippen LogP contribution is -2.24. The Morgan fingerprint density at radius 1 is 1.19 bits per heavy atom. The fourth-order valence-electron chi connectivity index (χ4n) is 3.07. The zero-order chi connectivity index (χ0) is 19.0. The van der Waals surface area contributed by atoms with Crippen LogP contribution in [0, 0.1) is 11.6 Å². The van der Waals surface area contributed by atoms with Gasteiger partial charge < -0.3 is 14.2 Å². The van der Waals surface area contributed by atoms with Crippen molar-refractivity contribution in [2.75, 3.05) is 18.6 Å². The predicted molar refractivity (Wildman–Crippen MR) is 92.4 cm³/mol. The molecule has 0 saturated carbocycles. The van der Waals surface area contributed by atoms with Crippen molar-refractivity contribution in [1.82, 2.24) is 10.1 Å². The van der Waals surface area contributed by atoms with E-state index in [0.717, 1.165) is 0 Å². The summed E-state index contributed by atoms with van der Waals surface area (Å²) in [6, 6.07) is 10.1. The van der Waals surface area contributed by atoms with Crippen LogP contribution < -0.4 is 9.64 Å². The Morgan fingerprint density at radius 3 is 2.67 bits per heavy atom. The normalized spacial score (nSPS) is 16.8. The lowest BCUT2D eigenvalue weighted by molar-refractivity contribution is -0.117. The van der Waals surface area contributed by atoms with Crippen LogP contribution in [-0.2, 0) is 4.79 Å². The highest BCUT2D eigenvalue weighted by atomic mass is 19.1. The summed E-state index contributed by atoms with van der Waals surface area (Å²) < 4.78 is 37.1. The van der Waals surface area contributed by atoms with E-state index in [1.807, 2.05) is 0 Å². The molecular formula is C19H15F2N3O3. The molecule has 0 radical (unpaired) electrons. The van der Waals surface area contributed by atoms with Crippen LogP contribution in [-0.4, -0.2) is 29.7 Å². The summed E-state index contributed by atoms with van der Waals surface area (Å²) in [5.41, 5.74) is 1.04. The van der Waals surface area contributed by atoms with Gasteiger partial charge in [0.2, 0.25) is 5.91 Å². The number of amides is 1. The van der Waals surface area contributed by atoms with Crippen LogP contribution >= 0.6 is 0 Å². The zero-order valence-electron chi connectivity index (χ0n) is 14.4. The molecule has 8 heteroatoms. The first kappa shape index (κ1) is 17.1. The molecule has 1 aliphatic heterocycles. The largest absolute Gasteiger partial charge is 0.494 e. The minimum absolute atomic E-state index is 0.103. The van der Waals surface area contributed by atoms with E-state index >= 15 is 0 Å². The summed E-state index contributed by atoms with van der Waals surface area (Å²) in [5.74, 6) is -0.602. The monoisotopic (exact) mass is 371 g/mol. The second kappa shape index (κ2) is 6.79. The number of carbonyl (C=O) groups excluding carboxylic acids is 1. The number of anilines is 1. The van der Waals surface area contributed by atoms with E-state index in [0.29, 0.717) is 23.6 Å². The Balaban J connectivity index is 1.54. The SMILES string of the molecule is COc1ccc(-c2nc([C@H]3CC(=O)N(c4ccc(F)cc4)C3)no2)cc1F. The number of ether oxygens (including phenoxy) is 1. The van der Waals surface area contributed by atoms with E-state index in [1.54, 1.807) is 23.1 Å². The topological polar surface area (TPSA) is 68.5 Å². The summed E-state index contributed by atoms with van der Waals surface area (Å²) in [5, 5.41) is 3.94. The summed E-state index contributed by atoms with van der Waals surface area (Å²) in [6.45, 7) is 0.362. The third kappa shape index (κ3) is 3.25. The summed E-state index contributed by atoms with van der Waals surface area (Å²) >= 11 is 0. The van der Waals surface area contributed by atoms with Gasteiger partial charge in [0.25, 0.3) is 5.89 Å². The molecule has 2 aromatic carbocycles. The molecule has 3 aromatic rings. The van der Waals surface area contributed by atoms with Gasteiger partial charge in [-0.3, -0.25) is 4.79 Å². The average Bonchev–Trinajstić information content (AvgIpc) is 3.29. The first-order chi connectivity index (χ1) is 13.0. The van der Waals surface area contributed by atoms with Crippen LogP contribution in [0.5, 0.6) is 5.75 Å². The zero-order valence-corrected chi connectivity index (χ0v) is 14.4. The highest BCUT2D eigenvalue weighted by Gasteiger charge is 2.34. The van der Waals surface area contributed by atoms with Crippen molar-refractivity contribution in [1.29, 1.82) is 0 Å². The van der Waals surface area contributed by atoms with E-state index < -0.39 is 5.82 Å². The third-order valence-electron chi connectivity index (χ3n) is 4.47. The fraction of sp³-hybridized carbons (Fsp3) is 0.211. The number of halogens is 2. The Hall–Kier alpha value is -3.29. The van der Waals surface area contributed by atoms with Gasteiger partial charge in [-0.1, -0.05) is 5.16 Å². The molecular weight excluding hydrogens is 356 g/mol. The Morgan fingerprint density at radius 2 is 1.96 bits per heavy atom. The molecule has 1 fully saturated rings. The summed E-state index contributed by atoms with van der Waals surface area (Å²) in [6.07, 6.45) is 0.216. The minimum atomic E-state index is -0.534. The molecule has 0 N–H and O–H groups in total. The number of methoxy groups -OCH3 is 1. The molecule has 0 unspecified atom stereocenters. The molecule has 4 rings (SSSR count). The van der Waals surface area contributed by atoms with E-state index in [-0.39, 0.29) is 35.7 Å². The molecule has 0 bridgehead atoms. The smallest absolute Gasteiger partial charge is 0.258 e. The van der Waals surface area contributed by atoms with E-state index in [1.165, 1.54) is 31.4 Å². The van der Waals surface area contributed by atoms with Gasteiger partial charge in [-0.25, -0.2) is 8.78 Å². The molecule has 0 spiro atoms. The molecule has 6 nitrogen and oxygen atoms in total. The Bertz CT molecular complexity index is 988. The van der Waals surface area contributed by atoms with Gasteiger partial charge >= 0.3 is 0 Å². The summed E-state index contributed by atoms with van der Waals surface area (Å²) in [7, 11) is 1.38. The number of hydrogen-bond donors (Lipinski definition) is 0. The van der Waals surface area contributed by atoms with Gasteiger partial charge in [-0.15, -0.1) is 0 Å². The Kier molecular flexibility index (Phi) is 4.31. The number of benzene rings is 2. The van der Waals surface area contributed by atoms with Crippen molar-refractivity contribution in [3.63, 3.8) is 0 Å². The van der Waals surface area contributed by atoms with Crippen LogP contribution in [0.3, 0.4) is 0 Å². The van der Waals surface area contributed by atoms with E-state index in [2.05, 4.69) is 10.1 Å². The first-order valence-electron chi connectivity index (χ1n) is 8.28. The molecule has 1 aromatic heterocycles. The maximum atomic E-state index is 13.9. The van der Waals surface area contributed by atoms with Gasteiger partial charge in [0.05, 0.1) is 7.11 Å². The number of hydrogen-bond acceptors (Lipinski definition) is 5. The highest BCUT2D eigenvalue weighted by Crippen LogP contribution is 2.32. The molecule has 27 heavy (non-hydrogen) atoms. The fourth-order valence-corrected chi connectivity index (χ4v) is 3.07. The van der Waals surface area contributed by atoms with Crippen LogP contribution in [0.25, 0.3) is 11.5 Å². The van der Waals surface area contributed by atoms with Crippen LogP contribution in [0.15, 0.2) is 47.0 Å². The molecule has 1 saturated heterocycles. The lowest BCUT2D eigenvalue weighted by Gasteiger charge is -2.15. The van der Waals surface area contributed by atoms with Crippen molar-refractivity contribution >= 4 is 11.6 Å².